The van der Waals surface area contributed by atoms with Gasteiger partial charge in [0.05, 0.1) is 11.4 Å². The van der Waals surface area contributed by atoms with E-state index in [-0.39, 0.29) is 36.3 Å². The Hall–Kier alpha value is -3.09. The van der Waals surface area contributed by atoms with Crippen molar-refractivity contribution in [1.82, 2.24) is 15.0 Å². The van der Waals surface area contributed by atoms with E-state index in [0.717, 1.165) is 0 Å². The second kappa shape index (κ2) is 8.07. The van der Waals surface area contributed by atoms with Crippen LogP contribution in [0.15, 0.2) is 60.7 Å². The van der Waals surface area contributed by atoms with Gasteiger partial charge >= 0.3 is 0 Å². The van der Waals surface area contributed by atoms with Gasteiger partial charge in [-0.05, 0) is 36.4 Å². The summed E-state index contributed by atoms with van der Waals surface area (Å²) in [5.41, 5.74) is 9.30. The molecule has 0 saturated carbocycles. The van der Waals surface area contributed by atoms with Crippen LogP contribution in [0.4, 0.5) is 5.82 Å². The zero-order chi connectivity index (χ0) is 17.4. The Labute approximate surface area is 167 Å². The molecule has 2 aromatic carbocycles. The van der Waals surface area contributed by atoms with Crippen molar-refractivity contribution in [2.24, 2.45) is 0 Å². The number of halogens is 2. The Morgan fingerprint density at radius 2 is 1.22 bits per heavy atom. The summed E-state index contributed by atoms with van der Waals surface area (Å²) in [6.07, 6.45) is 0. The van der Waals surface area contributed by atoms with Gasteiger partial charge < -0.3 is 15.9 Å². The molecule has 27 heavy (non-hydrogen) atoms. The van der Waals surface area contributed by atoms with Gasteiger partial charge in [-0.15, -0.1) is 24.8 Å². The first-order valence-corrected chi connectivity index (χ1v) is 7.63. The molecule has 2 aromatic heterocycles. The molecular weight excluding hydrogens is 387 g/mol. The number of nitrogens with zero attached hydrogens (tertiary/aromatic N) is 3. The van der Waals surface area contributed by atoms with Crippen LogP contribution in [-0.2, 0) is 0 Å². The van der Waals surface area contributed by atoms with Gasteiger partial charge in [0.15, 0.2) is 5.65 Å². The van der Waals surface area contributed by atoms with Crippen molar-refractivity contribution in [2.45, 2.75) is 0 Å². The zero-order valence-electron chi connectivity index (χ0n) is 13.9. The SMILES string of the molecule is Cl.Cl.Nc1ccc2nc(-c3cccc(O)c3)c(-c3cccc(O)c3)nc2n1. The molecule has 0 spiro atoms. The summed E-state index contributed by atoms with van der Waals surface area (Å²) >= 11 is 0. The van der Waals surface area contributed by atoms with Crippen molar-refractivity contribution in [3.05, 3.63) is 60.7 Å². The summed E-state index contributed by atoms with van der Waals surface area (Å²) in [6, 6.07) is 17.0. The highest BCUT2D eigenvalue weighted by Crippen LogP contribution is 2.33. The average molecular weight is 403 g/mol. The minimum Gasteiger partial charge on any atom is -0.508 e. The number of nitrogens with two attached hydrogens (primary N) is 1. The highest BCUT2D eigenvalue weighted by molar-refractivity contribution is 5.86. The van der Waals surface area contributed by atoms with Crippen LogP contribution in [0.1, 0.15) is 0 Å². The highest BCUT2D eigenvalue weighted by Gasteiger charge is 2.15. The number of aromatic nitrogens is 3. The van der Waals surface area contributed by atoms with E-state index in [1.807, 2.05) is 12.1 Å². The lowest BCUT2D eigenvalue weighted by molar-refractivity contribution is 0.475. The molecule has 0 fully saturated rings. The van der Waals surface area contributed by atoms with Crippen LogP contribution in [0.3, 0.4) is 0 Å². The minimum absolute atomic E-state index is 0. The van der Waals surface area contributed by atoms with E-state index in [1.165, 1.54) is 0 Å². The normalized spacial score (nSPS) is 10.1. The Morgan fingerprint density at radius 3 is 1.78 bits per heavy atom. The molecule has 0 radical (unpaired) electrons. The molecule has 2 heterocycles. The smallest absolute Gasteiger partial charge is 0.180 e. The molecule has 0 amide bonds. The van der Waals surface area contributed by atoms with E-state index in [4.69, 9.17) is 5.73 Å². The van der Waals surface area contributed by atoms with E-state index < -0.39 is 0 Å². The lowest BCUT2D eigenvalue weighted by atomic mass is 10.0. The number of anilines is 1. The van der Waals surface area contributed by atoms with Gasteiger partial charge in [-0.3, -0.25) is 0 Å². The fourth-order valence-corrected chi connectivity index (χ4v) is 2.67. The number of aromatic hydroxyl groups is 2. The fraction of sp³-hybridized carbons (Fsp3) is 0. The first kappa shape index (κ1) is 20.2. The number of benzene rings is 2. The predicted molar refractivity (Wildman–Crippen MR) is 110 cm³/mol. The maximum absolute atomic E-state index is 9.81. The van der Waals surface area contributed by atoms with Crippen LogP contribution in [-0.4, -0.2) is 25.2 Å². The molecule has 0 bridgehead atoms. The monoisotopic (exact) mass is 402 g/mol. The Balaban J connectivity index is 0.00000131. The van der Waals surface area contributed by atoms with Crippen molar-refractivity contribution >= 4 is 41.8 Å². The minimum atomic E-state index is 0. The standard InChI is InChI=1S/C19H14N4O2.2ClH/c20-16-8-7-15-19(22-16)23-18(12-4-2-6-14(25)10-12)17(21-15)11-3-1-5-13(24)9-11;;/h1-10,24-25H,(H2,20,22,23);2*1H. The first-order valence-electron chi connectivity index (χ1n) is 7.63. The Kier molecular flexibility index (Phi) is 6.05. The van der Waals surface area contributed by atoms with Crippen molar-refractivity contribution in [1.29, 1.82) is 0 Å². The average Bonchev–Trinajstić information content (AvgIpc) is 2.60. The first-order chi connectivity index (χ1) is 12.1. The van der Waals surface area contributed by atoms with Crippen LogP contribution in [0.25, 0.3) is 33.7 Å². The molecule has 4 N–H and O–H groups in total. The van der Waals surface area contributed by atoms with Gasteiger partial charge in [0.25, 0.3) is 0 Å². The fourth-order valence-electron chi connectivity index (χ4n) is 2.67. The van der Waals surface area contributed by atoms with Crippen LogP contribution >= 0.6 is 24.8 Å². The lowest BCUT2D eigenvalue weighted by Crippen LogP contribution is -1.99. The van der Waals surface area contributed by atoms with E-state index in [2.05, 4.69) is 15.0 Å². The highest BCUT2D eigenvalue weighted by atomic mass is 35.5. The van der Waals surface area contributed by atoms with Gasteiger partial charge in [-0.2, -0.15) is 0 Å². The molecule has 0 atom stereocenters. The zero-order valence-corrected chi connectivity index (χ0v) is 15.5. The summed E-state index contributed by atoms with van der Waals surface area (Å²) in [7, 11) is 0. The number of fused-ring (bicyclic) bond motifs is 1. The number of pyridine rings is 1. The number of nitrogen functional groups attached to an aromatic ring is 1. The molecule has 0 saturated heterocycles. The van der Waals surface area contributed by atoms with Crippen molar-refractivity contribution in [3.8, 4) is 34.0 Å². The van der Waals surface area contributed by atoms with Gasteiger partial charge in [0.2, 0.25) is 0 Å². The number of rotatable bonds is 2. The third-order valence-corrected chi connectivity index (χ3v) is 3.79. The van der Waals surface area contributed by atoms with Gasteiger partial charge in [0.1, 0.15) is 22.8 Å². The second-order valence-corrected chi connectivity index (χ2v) is 5.60. The van der Waals surface area contributed by atoms with Gasteiger partial charge in [-0.25, -0.2) is 15.0 Å². The molecule has 138 valence electrons. The summed E-state index contributed by atoms with van der Waals surface area (Å²) in [4.78, 5) is 13.5. The van der Waals surface area contributed by atoms with E-state index in [0.29, 0.717) is 39.5 Å². The van der Waals surface area contributed by atoms with E-state index in [1.54, 1.807) is 48.5 Å². The third kappa shape index (κ3) is 4.02. The molecule has 8 heteroatoms. The van der Waals surface area contributed by atoms with Crippen LogP contribution < -0.4 is 5.73 Å². The predicted octanol–water partition coefficient (Wildman–Crippen LogP) is 4.20. The number of hydrogen-bond donors (Lipinski definition) is 3. The summed E-state index contributed by atoms with van der Waals surface area (Å²) in [5.74, 6) is 0.618. The Bertz CT molecular complexity index is 1110. The van der Waals surface area contributed by atoms with Crippen LogP contribution in [0.5, 0.6) is 11.5 Å². The van der Waals surface area contributed by atoms with Gasteiger partial charge in [-0.1, -0.05) is 24.3 Å². The maximum Gasteiger partial charge on any atom is 0.180 e. The maximum atomic E-state index is 9.81. The van der Waals surface area contributed by atoms with E-state index in [9.17, 15) is 10.2 Å². The van der Waals surface area contributed by atoms with Crippen LogP contribution in [0.2, 0.25) is 0 Å². The third-order valence-electron chi connectivity index (χ3n) is 3.79. The number of hydrogen-bond acceptors (Lipinski definition) is 6. The largest absolute Gasteiger partial charge is 0.508 e. The lowest BCUT2D eigenvalue weighted by Gasteiger charge is -2.11. The molecule has 6 nitrogen and oxygen atoms in total. The molecule has 0 aliphatic rings. The van der Waals surface area contributed by atoms with Crippen molar-refractivity contribution in [2.75, 3.05) is 5.73 Å². The van der Waals surface area contributed by atoms with Crippen molar-refractivity contribution in [3.63, 3.8) is 0 Å². The summed E-state index contributed by atoms with van der Waals surface area (Å²) < 4.78 is 0. The summed E-state index contributed by atoms with van der Waals surface area (Å²) in [5, 5.41) is 19.6. The molecule has 0 aliphatic carbocycles. The number of phenols is 2. The van der Waals surface area contributed by atoms with E-state index >= 15 is 0 Å². The second-order valence-electron chi connectivity index (χ2n) is 5.60. The number of phenolic OH excluding ortho intramolecular Hbond substituents is 2. The topological polar surface area (TPSA) is 105 Å². The Morgan fingerprint density at radius 1 is 0.667 bits per heavy atom. The molecule has 0 unspecified atom stereocenters. The van der Waals surface area contributed by atoms with Gasteiger partial charge in [0, 0.05) is 11.1 Å². The van der Waals surface area contributed by atoms with Crippen molar-refractivity contribution < 1.29 is 10.2 Å². The molecule has 4 aromatic rings. The summed E-state index contributed by atoms with van der Waals surface area (Å²) in [6.45, 7) is 0. The van der Waals surface area contributed by atoms with Crippen LogP contribution in [0, 0.1) is 0 Å². The molecule has 0 aliphatic heterocycles. The quantitative estimate of drug-likeness (QED) is 0.463. The molecule has 4 rings (SSSR count). The molecular formula is C19H16Cl2N4O2.